The first kappa shape index (κ1) is 57.3. The normalized spacial score (nSPS) is 13.1. The molecule has 346 valence electrons. The number of aliphatic hydroxyl groups excluding tert-OH is 1. The summed E-state index contributed by atoms with van der Waals surface area (Å²) in [7, 11) is -4.71. The van der Waals surface area contributed by atoms with E-state index in [0.29, 0.717) is 6.42 Å². The van der Waals surface area contributed by atoms with E-state index in [1.807, 2.05) is 6.08 Å². The Kier molecular flexibility index (Phi) is 45.2. The second-order valence-corrected chi connectivity index (χ2v) is 19.1. The van der Waals surface area contributed by atoms with Crippen molar-refractivity contribution in [3.8, 4) is 0 Å². The van der Waals surface area contributed by atoms with Crippen LogP contribution in [0, 0.1) is 0 Å². The highest BCUT2D eigenvalue weighted by Gasteiger charge is 2.24. The quantitative estimate of drug-likeness (QED) is 0.0275. The molecular formula is C50H100NO6P. The minimum Gasteiger partial charge on any atom is -0.387 e. The summed E-state index contributed by atoms with van der Waals surface area (Å²) in [5.41, 5.74) is 0. The van der Waals surface area contributed by atoms with Gasteiger partial charge >= 0.3 is 7.82 Å². The van der Waals surface area contributed by atoms with Crippen molar-refractivity contribution in [2.24, 2.45) is 0 Å². The number of rotatable bonds is 48. The van der Waals surface area contributed by atoms with Crippen LogP contribution in [0.15, 0.2) is 12.2 Å². The maximum absolute atomic E-state index is 12.6. The average Bonchev–Trinajstić information content (AvgIpc) is 3.20. The molecule has 0 fully saturated rings. The van der Waals surface area contributed by atoms with Crippen LogP contribution >= 0.6 is 7.82 Å². The Morgan fingerprint density at radius 2 is 0.759 bits per heavy atom. The van der Waals surface area contributed by atoms with Gasteiger partial charge in [0, 0.05) is 6.42 Å². The van der Waals surface area contributed by atoms with Crippen molar-refractivity contribution < 1.29 is 28.8 Å². The van der Waals surface area contributed by atoms with Gasteiger partial charge in [-0.1, -0.05) is 270 Å². The Balaban J connectivity index is 3.57. The van der Waals surface area contributed by atoms with Crippen LogP contribution in [0.4, 0.5) is 0 Å². The number of phosphoric ester groups is 1. The van der Waals surface area contributed by atoms with Crippen molar-refractivity contribution in [1.29, 1.82) is 0 Å². The number of aliphatic hydroxyl groups is 1. The van der Waals surface area contributed by atoms with Gasteiger partial charge in [-0.3, -0.25) is 9.32 Å². The number of carbonyl (C=O) groups excluding carboxylic acids is 1. The van der Waals surface area contributed by atoms with E-state index < -0.39 is 26.6 Å². The average molecular weight is 842 g/mol. The predicted molar refractivity (Wildman–Crippen MR) is 250 cm³/mol. The van der Waals surface area contributed by atoms with E-state index in [9.17, 15) is 14.5 Å². The smallest absolute Gasteiger partial charge is 0.387 e. The molecule has 0 saturated heterocycles. The minimum absolute atomic E-state index is 0.223. The Bertz CT molecular complexity index is 911. The molecular weight excluding hydrogens is 742 g/mol. The van der Waals surface area contributed by atoms with Crippen LogP contribution in [0.1, 0.15) is 284 Å². The van der Waals surface area contributed by atoms with E-state index >= 15 is 0 Å². The maximum atomic E-state index is 12.6. The molecule has 0 bridgehead atoms. The van der Waals surface area contributed by atoms with E-state index in [1.54, 1.807) is 6.08 Å². The first-order valence-corrected chi connectivity index (χ1v) is 27.2. The van der Waals surface area contributed by atoms with Crippen molar-refractivity contribution in [3.63, 3.8) is 0 Å². The molecule has 8 heteroatoms. The molecule has 58 heavy (non-hydrogen) atoms. The first-order chi connectivity index (χ1) is 28.3. The number of unbranched alkanes of at least 4 members (excludes halogenated alkanes) is 39. The summed E-state index contributed by atoms with van der Waals surface area (Å²) in [6.07, 6.45) is 57.3. The van der Waals surface area contributed by atoms with Crippen molar-refractivity contribution in [3.05, 3.63) is 12.2 Å². The van der Waals surface area contributed by atoms with Crippen LogP contribution in [0.5, 0.6) is 0 Å². The summed E-state index contributed by atoms with van der Waals surface area (Å²) in [5.74, 6) is -0.223. The lowest BCUT2D eigenvalue weighted by molar-refractivity contribution is -0.123. The third-order valence-electron chi connectivity index (χ3n) is 12.0. The highest BCUT2D eigenvalue weighted by atomic mass is 31.2. The van der Waals surface area contributed by atoms with Crippen molar-refractivity contribution in [2.75, 3.05) is 6.61 Å². The minimum atomic E-state index is -4.71. The molecule has 0 aliphatic heterocycles. The van der Waals surface area contributed by atoms with E-state index in [4.69, 9.17) is 9.79 Å². The summed E-state index contributed by atoms with van der Waals surface area (Å²) in [5, 5.41) is 13.4. The lowest BCUT2D eigenvalue weighted by Crippen LogP contribution is -2.45. The fraction of sp³-hybridized carbons (Fsp3) is 0.940. The summed E-state index contributed by atoms with van der Waals surface area (Å²) in [6, 6.07) is -0.904. The van der Waals surface area contributed by atoms with Crippen LogP contribution in [0.25, 0.3) is 0 Å². The summed E-state index contributed by atoms with van der Waals surface area (Å²) < 4.78 is 15.9. The molecule has 0 aliphatic carbocycles. The molecule has 0 saturated carbocycles. The van der Waals surface area contributed by atoms with E-state index in [-0.39, 0.29) is 5.91 Å². The maximum Gasteiger partial charge on any atom is 0.469 e. The fourth-order valence-electron chi connectivity index (χ4n) is 8.11. The lowest BCUT2D eigenvalue weighted by atomic mass is 10.0. The second kappa shape index (κ2) is 45.8. The van der Waals surface area contributed by atoms with Gasteiger partial charge in [0.25, 0.3) is 0 Å². The molecule has 0 radical (unpaired) electrons. The second-order valence-electron chi connectivity index (χ2n) is 17.9. The van der Waals surface area contributed by atoms with Gasteiger partial charge in [-0.25, -0.2) is 4.57 Å². The third kappa shape index (κ3) is 46.3. The molecule has 0 aromatic heterocycles. The molecule has 0 aromatic rings. The van der Waals surface area contributed by atoms with Gasteiger partial charge in [0.1, 0.15) is 0 Å². The molecule has 0 heterocycles. The molecule has 0 spiro atoms. The van der Waals surface area contributed by atoms with Gasteiger partial charge in [-0.2, -0.15) is 0 Å². The molecule has 7 nitrogen and oxygen atoms in total. The number of nitrogens with one attached hydrogen (secondary N) is 1. The van der Waals surface area contributed by atoms with Crippen molar-refractivity contribution in [2.45, 2.75) is 296 Å². The molecule has 1 amide bonds. The molecule has 0 rings (SSSR count). The highest BCUT2D eigenvalue weighted by Crippen LogP contribution is 2.36. The highest BCUT2D eigenvalue weighted by molar-refractivity contribution is 7.46. The van der Waals surface area contributed by atoms with Crippen molar-refractivity contribution >= 4 is 13.7 Å². The lowest BCUT2D eigenvalue weighted by Gasteiger charge is -2.22. The summed E-state index contributed by atoms with van der Waals surface area (Å²) in [6.45, 7) is 4.06. The standard InChI is InChI=1S/C50H100NO6P/c1-3-5-7-9-11-13-14-15-16-17-18-19-20-21-22-23-24-25-26-27-28-29-30-31-32-33-34-35-36-38-40-42-44-46-50(53)51-48(47-57-58(54,55)56)49(52)45-43-41-39-37-12-10-8-6-4-2/h43,45,48-49,52H,3-42,44,46-47H2,1-2H3,(H,51,53)(H2,54,55,56)/b45-43+/t48-,49+/m0/s1. The van der Waals surface area contributed by atoms with Crippen LogP contribution < -0.4 is 5.32 Å². The molecule has 0 aromatic carbocycles. The molecule has 0 aliphatic rings. The zero-order chi connectivity index (χ0) is 42.5. The zero-order valence-electron chi connectivity index (χ0n) is 38.7. The monoisotopic (exact) mass is 842 g/mol. The van der Waals surface area contributed by atoms with Crippen LogP contribution in [-0.2, 0) is 13.9 Å². The number of allylic oxidation sites excluding steroid dienone is 1. The van der Waals surface area contributed by atoms with Gasteiger partial charge in [-0.15, -0.1) is 0 Å². The fourth-order valence-corrected chi connectivity index (χ4v) is 8.46. The zero-order valence-corrected chi connectivity index (χ0v) is 39.6. The molecule has 0 unspecified atom stereocenters. The van der Waals surface area contributed by atoms with E-state index in [0.717, 1.165) is 38.5 Å². The predicted octanol–water partition coefficient (Wildman–Crippen LogP) is 15.9. The van der Waals surface area contributed by atoms with E-state index in [2.05, 4.69) is 23.7 Å². The van der Waals surface area contributed by atoms with Gasteiger partial charge in [-0.05, 0) is 19.3 Å². The van der Waals surface area contributed by atoms with Crippen LogP contribution in [-0.4, -0.2) is 39.6 Å². The Labute approximate surface area is 361 Å². The van der Waals surface area contributed by atoms with Crippen LogP contribution in [0.3, 0.4) is 0 Å². The summed E-state index contributed by atoms with van der Waals surface area (Å²) >= 11 is 0. The van der Waals surface area contributed by atoms with Gasteiger partial charge < -0.3 is 20.2 Å². The largest absolute Gasteiger partial charge is 0.469 e. The van der Waals surface area contributed by atoms with E-state index in [1.165, 1.54) is 225 Å². The van der Waals surface area contributed by atoms with Gasteiger partial charge in [0.15, 0.2) is 0 Å². The topological polar surface area (TPSA) is 116 Å². The molecule has 2 atom stereocenters. The number of hydrogen-bond donors (Lipinski definition) is 4. The Morgan fingerprint density at radius 3 is 1.05 bits per heavy atom. The third-order valence-corrected chi connectivity index (χ3v) is 12.5. The van der Waals surface area contributed by atoms with Gasteiger partial charge in [0.2, 0.25) is 5.91 Å². The van der Waals surface area contributed by atoms with Gasteiger partial charge in [0.05, 0.1) is 18.8 Å². The summed E-state index contributed by atoms with van der Waals surface area (Å²) in [4.78, 5) is 30.9. The first-order valence-electron chi connectivity index (χ1n) is 25.6. The Hall–Kier alpha value is -0.720. The SMILES string of the molecule is CCCCCCCCC/C=C/[C@@H](O)[C@H](COP(=O)(O)O)NC(=O)CCCCCCCCCCCCCCCCCCCCCCCCCCCCCCCCCCC. The number of hydrogen-bond acceptors (Lipinski definition) is 4. The number of phosphoric acid groups is 1. The van der Waals surface area contributed by atoms with Crippen molar-refractivity contribution in [1.82, 2.24) is 5.32 Å². The Morgan fingerprint density at radius 1 is 0.483 bits per heavy atom. The number of amides is 1. The van der Waals surface area contributed by atoms with Crippen LogP contribution in [0.2, 0.25) is 0 Å². The molecule has 4 N–H and O–H groups in total. The number of carbonyl (C=O) groups is 1.